The monoisotopic (exact) mass is 460 g/mol. The van der Waals surface area contributed by atoms with Gasteiger partial charge in [0.05, 0.1) is 30.5 Å². The number of anilines is 1. The van der Waals surface area contributed by atoms with Crippen molar-refractivity contribution in [2.75, 3.05) is 11.9 Å². The van der Waals surface area contributed by atoms with E-state index in [0.717, 1.165) is 11.4 Å². The van der Waals surface area contributed by atoms with Crippen LogP contribution in [-0.4, -0.2) is 42.8 Å². The summed E-state index contributed by atoms with van der Waals surface area (Å²) in [6, 6.07) is 10.1. The van der Waals surface area contributed by atoms with Crippen LogP contribution in [0.1, 0.15) is 90.0 Å². The Hall–Kier alpha value is -3.42. The summed E-state index contributed by atoms with van der Waals surface area (Å²) in [5.41, 5.74) is 3.95. The molecule has 0 bridgehead atoms. The maximum absolute atomic E-state index is 13.2. The van der Waals surface area contributed by atoms with Gasteiger partial charge in [0, 0.05) is 24.5 Å². The lowest BCUT2D eigenvalue weighted by molar-refractivity contribution is 0.0689. The lowest BCUT2D eigenvalue weighted by Crippen LogP contribution is -2.40. The number of hydrogen-bond donors (Lipinski definition) is 1. The van der Waals surface area contributed by atoms with Crippen molar-refractivity contribution in [1.29, 1.82) is 0 Å². The highest BCUT2D eigenvalue weighted by Gasteiger charge is 2.29. The molecule has 0 radical (unpaired) electrons. The first-order valence-electron chi connectivity index (χ1n) is 12.3. The highest BCUT2D eigenvalue weighted by atomic mass is 16.2. The molecule has 34 heavy (non-hydrogen) atoms. The maximum Gasteiger partial charge on any atom is 0.272 e. The standard InChI is InChI=1S/C26H32N6O2/c1-18(2)32-23(12-13-27-32)26(34)30-14-15-31-24(17-30)22(16-28-31)25(33)29-21-10-8-20(9-11-21)19-6-4-3-5-7-19/h8-13,16,18-19H,3-7,14-15,17H2,1-2H3,(H,29,33). The van der Waals surface area contributed by atoms with Crippen molar-refractivity contribution in [2.45, 2.75) is 71.0 Å². The smallest absolute Gasteiger partial charge is 0.272 e. The van der Waals surface area contributed by atoms with Crippen LogP contribution < -0.4 is 5.32 Å². The van der Waals surface area contributed by atoms with Crippen LogP contribution in [0.2, 0.25) is 0 Å². The summed E-state index contributed by atoms with van der Waals surface area (Å²) in [7, 11) is 0. The molecule has 1 saturated carbocycles. The van der Waals surface area contributed by atoms with Gasteiger partial charge < -0.3 is 10.2 Å². The number of rotatable bonds is 5. The second-order valence-corrected chi connectivity index (χ2v) is 9.62. The zero-order valence-electron chi connectivity index (χ0n) is 19.9. The number of hydrogen-bond acceptors (Lipinski definition) is 4. The van der Waals surface area contributed by atoms with Gasteiger partial charge in [0.15, 0.2) is 0 Å². The quantitative estimate of drug-likeness (QED) is 0.602. The molecule has 2 aromatic heterocycles. The van der Waals surface area contributed by atoms with Crippen molar-refractivity contribution in [3.05, 3.63) is 65.2 Å². The van der Waals surface area contributed by atoms with Crippen molar-refractivity contribution in [3.8, 4) is 0 Å². The molecule has 0 atom stereocenters. The number of carbonyl (C=O) groups excluding carboxylic acids is 2. The average molecular weight is 461 g/mol. The lowest BCUT2D eigenvalue weighted by atomic mass is 9.84. The van der Waals surface area contributed by atoms with E-state index in [1.54, 1.807) is 28.0 Å². The molecular formula is C26H32N6O2. The lowest BCUT2D eigenvalue weighted by Gasteiger charge is -2.28. The number of aromatic nitrogens is 4. The molecule has 0 spiro atoms. The van der Waals surface area contributed by atoms with E-state index in [-0.39, 0.29) is 17.9 Å². The molecule has 8 heteroatoms. The summed E-state index contributed by atoms with van der Waals surface area (Å²) in [6.07, 6.45) is 9.70. The minimum absolute atomic E-state index is 0.0803. The normalized spacial score (nSPS) is 16.5. The van der Waals surface area contributed by atoms with Crippen LogP contribution in [0.5, 0.6) is 0 Å². The van der Waals surface area contributed by atoms with Crippen molar-refractivity contribution in [1.82, 2.24) is 24.5 Å². The van der Waals surface area contributed by atoms with Gasteiger partial charge in [0.2, 0.25) is 0 Å². The van der Waals surface area contributed by atoms with Crippen LogP contribution >= 0.6 is 0 Å². The SMILES string of the molecule is CC(C)n1nccc1C(=O)N1CCn2ncc(C(=O)Nc3ccc(C4CCCCC4)cc3)c2C1. The molecule has 3 heterocycles. The Morgan fingerprint density at radius 1 is 1.00 bits per heavy atom. The van der Waals surface area contributed by atoms with E-state index >= 15 is 0 Å². The molecule has 3 aromatic rings. The summed E-state index contributed by atoms with van der Waals surface area (Å²) in [4.78, 5) is 28.1. The van der Waals surface area contributed by atoms with Crippen LogP contribution in [0.15, 0.2) is 42.7 Å². The predicted octanol–water partition coefficient (Wildman–Crippen LogP) is 4.62. The Balaban J connectivity index is 1.28. The van der Waals surface area contributed by atoms with E-state index < -0.39 is 0 Å². The number of fused-ring (bicyclic) bond motifs is 1. The minimum atomic E-state index is -0.201. The van der Waals surface area contributed by atoms with E-state index in [4.69, 9.17) is 0 Å². The number of carbonyl (C=O) groups is 2. The highest BCUT2D eigenvalue weighted by Crippen LogP contribution is 2.33. The molecule has 0 unspecified atom stereocenters. The van der Waals surface area contributed by atoms with Crippen LogP contribution in [0.3, 0.4) is 0 Å². The van der Waals surface area contributed by atoms with E-state index in [2.05, 4.69) is 27.6 Å². The second-order valence-electron chi connectivity index (χ2n) is 9.62. The third-order valence-corrected chi connectivity index (χ3v) is 7.03. The molecule has 1 aliphatic heterocycles. The van der Waals surface area contributed by atoms with Gasteiger partial charge in [-0.05, 0) is 56.4 Å². The first-order chi connectivity index (χ1) is 16.5. The van der Waals surface area contributed by atoms with Gasteiger partial charge in [-0.15, -0.1) is 0 Å². The van der Waals surface area contributed by atoms with Crippen molar-refractivity contribution in [3.63, 3.8) is 0 Å². The number of benzene rings is 1. The minimum Gasteiger partial charge on any atom is -0.330 e. The van der Waals surface area contributed by atoms with Gasteiger partial charge in [-0.3, -0.25) is 19.0 Å². The Morgan fingerprint density at radius 2 is 1.76 bits per heavy atom. The van der Waals surface area contributed by atoms with Crippen molar-refractivity contribution < 1.29 is 9.59 Å². The Morgan fingerprint density at radius 3 is 2.50 bits per heavy atom. The topological polar surface area (TPSA) is 85.1 Å². The molecule has 8 nitrogen and oxygen atoms in total. The number of nitrogens with zero attached hydrogens (tertiary/aromatic N) is 5. The Labute approximate surface area is 199 Å². The fourth-order valence-electron chi connectivity index (χ4n) is 5.14. The molecule has 1 aliphatic carbocycles. The maximum atomic E-state index is 13.2. The summed E-state index contributed by atoms with van der Waals surface area (Å²) in [5.74, 6) is 0.355. The van der Waals surface area contributed by atoms with E-state index in [1.165, 1.54) is 37.7 Å². The molecule has 2 amide bonds. The molecule has 1 aromatic carbocycles. The fourth-order valence-corrected chi connectivity index (χ4v) is 5.14. The largest absolute Gasteiger partial charge is 0.330 e. The van der Waals surface area contributed by atoms with E-state index in [1.807, 2.05) is 30.7 Å². The second kappa shape index (κ2) is 9.44. The first-order valence-corrected chi connectivity index (χ1v) is 12.3. The summed E-state index contributed by atoms with van der Waals surface area (Å²) in [6.45, 7) is 5.44. The molecule has 2 aliphatic rings. The third-order valence-electron chi connectivity index (χ3n) is 7.03. The number of amides is 2. The van der Waals surface area contributed by atoms with Crippen molar-refractivity contribution in [2.24, 2.45) is 0 Å². The average Bonchev–Trinajstić information content (AvgIpc) is 3.52. The van der Waals surface area contributed by atoms with Gasteiger partial charge in [-0.1, -0.05) is 31.4 Å². The Bertz CT molecular complexity index is 1170. The van der Waals surface area contributed by atoms with Crippen LogP contribution in [-0.2, 0) is 13.1 Å². The Kier molecular flexibility index (Phi) is 6.22. The molecule has 178 valence electrons. The van der Waals surface area contributed by atoms with Crippen LogP contribution in [0.25, 0.3) is 0 Å². The van der Waals surface area contributed by atoms with Gasteiger partial charge in [-0.2, -0.15) is 10.2 Å². The zero-order valence-corrected chi connectivity index (χ0v) is 19.9. The molecule has 1 N–H and O–H groups in total. The van der Waals surface area contributed by atoms with Crippen molar-refractivity contribution >= 4 is 17.5 Å². The molecular weight excluding hydrogens is 428 g/mol. The molecule has 5 rings (SSSR count). The predicted molar refractivity (Wildman–Crippen MR) is 130 cm³/mol. The van der Waals surface area contributed by atoms with Gasteiger partial charge in [0.1, 0.15) is 5.69 Å². The summed E-state index contributed by atoms with van der Waals surface area (Å²) >= 11 is 0. The van der Waals surface area contributed by atoms with Crippen LogP contribution in [0, 0.1) is 0 Å². The van der Waals surface area contributed by atoms with Crippen LogP contribution in [0.4, 0.5) is 5.69 Å². The van der Waals surface area contributed by atoms with Gasteiger partial charge in [0.25, 0.3) is 11.8 Å². The molecule has 0 saturated heterocycles. The summed E-state index contributed by atoms with van der Waals surface area (Å²) in [5, 5.41) is 11.7. The third kappa shape index (κ3) is 4.36. The summed E-state index contributed by atoms with van der Waals surface area (Å²) < 4.78 is 3.56. The first kappa shape index (κ1) is 22.4. The highest BCUT2D eigenvalue weighted by molar-refractivity contribution is 6.05. The van der Waals surface area contributed by atoms with E-state index in [0.29, 0.717) is 36.8 Å². The fraction of sp³-hybridized carbons (Fsp3) is 0.462. The number of nitrogens with one attached hydrogen (secondary N) is 1. The molecule has 1 fully saturated rings. The zero-order chi connectivity index (χ0) is 23.7. The van der Waals surface area contributed by atoms with E-state index in [9.17, 15) is 9.59 Å². The van der Waals surface area contributed by atoms with Gasteiger partial charge >= 0.3 is 0 Å². The van der Waals surface area contributed by atoms with Gasteiger partial charge in [-0.25, -0.2) is 0 Å².